The van der Waals surface area contributed by atoms with Crippen molar-refractivity contribution in [2.45, 2.75) is 20.4 Å². The summed E-state index contributed by atoms with van der Waals surface area (Å²) in [7, 11) is 3.54. The standard InChI is InChI=1S/C11H20N4O/c1-11(2,10(16)12-3)8-13-5-9-6-14-15(4)7-9/h6-7,13H,5,8H2,1-4H3,(H,12,16). The van der Waals surface area contributed by atoms with Crippen LogP contribution in [0.1, 0.15) is 19.4 Å². The lowest BCUT2D eigenvalue weighted by Crippen LogP contribution is -2.41. The summed E-state index contributed by atoms with van der Waals surface area (Å²) in [5.41, 5.74) is 0.729. The molecule has 16 heavy (non-hydrogen) atoms. The van der Waals surface area contributed by atoms with Gasteiger partial charge in [-0.2, -0.15) is 5.10 Å². The molecule has 5 nitrogen and oxygen atoms in total. The number of carbonyl (C=O) groups is 1. The number of aromatic nitrogens is 2. The molecule has 0 saturated carbocycles. The van der Waals surface area contributed by atoms with Crippen LogP contribution in [-0.4, -0.2) is 29.3 Å². The molecule has 0 saturated heterocycles. The third-order valence-electron chi connectivity index (χ3n) is 2.50. The summed E-state index contributed by atoms with van der Waals surface area (Å²) in [4.78, 5) is 11.5. The summed E-state index contributed by atoms with van der Waals surface area (Å²) in [5, 5.41) is 10.00. The molecule has 1 amide bonds. The zero-order valence-corrected chi connectivity index (χ0v) is 10.4. The van der Waals surface area contributed by atoms with Crippen molar-refractivity contribution >= 4 is 5.91 Å². The maximum absolute atomic E-state index is 11.5. The van der Waals surface area contributed by atoms with E-state index in [1.54, 1.807) is 11.7 Å². The largest absolute Gasteiger partial charge is 0.359 e. The van der Waals surface area contributed by atoms with E-state index in [2.05, 4.69) is 15.7 Å². The maximum Gasteiger partial charge on any atom is 0.226 e. The molecular formula is C11H20N4O. The monoisotopic (exact) mass is 224 g/mol. The summed E-state index contributed by atoms with van der Waals surface area (Å²) in [6.45, 7) is 5.21. The minimum Gasteiger partial charge on any atom is -0.359 e. The van der Waals surface area contributed by atoms with Gasteiger partial charge in [0.15, 0.2) is 0 Å². The van der Waals surface area contributed by atoms with Crippen molar-refractivity contribution in [3.8, 4) is 0 Å². The Bertz CT molecular complexity index is 357. The zero-order valence-electron chi connectivity index (χ0n) is 10.4. The summed E-state index contributed by atoms with van der Waals surface area (Å²) in [6.07, 6.45) is 3.78. The molecule has 0 radical (unpaired) electrons. The van der Waals surface area contributed by atoms with E-state index < -0.39 is 5.41 Å². The second-order valence-corrected chi connectivity index (χ2v) is 4.59. The molecule has 0 atom stereocenters. The molecule has 0 bridgehead atoms. The molecular weight excluding hydrogens is 204 g/mol. The fraction of sp³-hybridized carbons (Fsp3) is 0.636. The van der Waals surface area contributed by atoms with Gasteiger partial charge in [0.1, 0.15) is 0 Å². The average Bonchev–Trinajstić information content (AvgIpc) is 2.62. The molecule has 1 aromatic rings. The minimum absolute atomic E-state index is 0.0474. The number of hydrogen-bond donors (Lipinski definition) is 2. The van der Waals surface area contributed by atoms with E-state index in [-0.39, 0.29) is 5.91 Å². The summed E-state index contributed by atoms with van der Waals surface area (Å²) in [5.74, 6) is 0.0474. The Morgan fingerprint density at radius 1 is 1.56 bits per heavy atom. The highest BCUT2D eigenvalue weighted by molar-refractivity contribution is 5.81. The zero-order chi connectivity index (χ0) is 12.2. The highest BCUT2D eigenvalue weighted by atomic mass is 16.2. The molecule has 1 aromatic heterocycles. The van der Waals surface area contributed by atoms with Crippen LogP contribution < -0.4 is 10.6 Å². The topological polar surface area (TPSA) is 59.0 Å². The fourth-order valence-electron chi connectivity index (χ4n) is 1.50. The van der Waals surface area contributed by atoms with Crippen molar-refractivity contribution < 1.29 is 4.79 Å². The van der Waals surface area contributed by atoms with Crippen molar-refractivity contribution in [1.82, 2.24) is 20.4 Å². The fourth-order valence-corrected chi connectivity index (χ4v) is 1.50. The molecule has 0 aromatic carbocycles. The van der Waals surface area contributed by atoms with Crippen LogP contribution in [0.25, 0.3) is 0 Å². The van der Waals surface area contributed by atoms with E-state index >= 15 is 0 Å². The highest BCUT2D eigenvalue weighted by Crippen LogP contribution is 2.13. The average molecular weight is 224 g/mol. The number of nitrogens with zero attached hydrogens (tertiary/aromatic N) is 2. The first-order valence-corrected chi connectivity index (χ1v) is 5.36. The molecule has 1 rings (SSSR count). The van der Waals surface area contributed by atoms with Crippen LogP contribution in [0.3, 0.4) is 0 Å². The molecule has 90 valence electrons. The van der Waals surface area contributed by atoms with Crippen LogP contribution in [0.15, 0.2) is 12.4 Å². The molecule has 0 unspecified atom stereocenters. The van der Waals surface area contributed by atoms with Gasteiger partial charge in [0.2, 0.25) is 5.91 Å². The third kappa shape index (κ3) is 3.34. The van der Waals surface area contributed by atoms with Crippen molar-refractivity contribution in [2.75, 3.05) is 13.6 Å². The molecule has 2 N–H and O–H groups in total. The second kappa shape index (κ2) is 5.12. The van der Waals surface area contributed by atoms with Crippen LogP contribution in [0.5, 0.6) is 0 Å². The van der Waals surface area contributed by atoms with E-state index in [4.69, 9.17) is 0 Å². The van der Waals surface area contributed by atoms with Gasteiger partial charge in [0.25, 0.3) is 0 Å². The molecule has 1 heterocycles. The van der Waals surface area contributed by atoms with Crippen LogP contribution in [0.4, 0.5) is 0 Å². The van der Waals surface area contributed by atoms with Gasteiger partial charge < -0.3 is 10.6 Å². The van der Waals surface area contributed by atoms with Crippen molar-refractivity contribution in [1.29, 1.82) is 0 Å². The summed E-state index contributed by atoms with van der Waals surface area (Å²) >= 11 is 0. The van der Waals surface area contributed by atoms with Gasteiger partial charge >= 0.3 is 0 Å². The molecule has 0 spiro atoms. The van der Waals surface area contributed by atoms with Crippen molar-refractivity contribution in [3.05, 3.63) is 18.0 Å². The Morgan fingerprint density at radius 3 is 2.75 bits per heavy atom. The Hall–Kier alpha value is -1.36. The van der Waals surface area contributed by atoms with E-state index in [9.17, 15) is 4.79 Å². The van der Waals surface area contributed by atoms with Gasteiger partial charge in [-0.15, -0.1) is 0 Å². The molecule has 5 heteroatoms. The number of nitrogens with one attached hydrogen (secondary N) is 2. The maximum atomic E-state index is 11.5. The predicted molar refractivity (Wildman–Crippen MR) is 62.8 cm³/mol. The molecule has 0 aliphatic heterocycles. The van der Waals surface area contributed by atoms with Gasteiger partial charge in [-0.1, -0.05) is 0 Å². The van der Waals surface area contributed by atoms with E-state index in [0.717, 1.165) is 12.1 Å². The smallest absolute Gasteiger partial charge is 0.226 e. The number of aryl methyl sites for hydroxylation is 1. The van der Waals surface area contributed by atoms with Crippen LogP contribution in [-0.2, 0) is 18.4 Å². The Morgan fingerprint density at radius 2 is 2.25 bits per heavy atom. The van der Waals surface area contributed by atoms with Crippen LogP contribution >= 0.6 is 0 Å². The quantitative estimate of drug-likeness (QED) is 0.755. The Labute approximate surface area is 96.2 Å². The summed E-state index contributed by atoms with van der Waals surface area (Å²) in [6, 6.07) is 0. The number of rotatable bonds is 5. The first kappa shape index (κ1) is 12.7. The lowest BCUT2D eigenvalue weighted by Gasteiger charge is -2.22. The van der Waals surface area contributed by atoms with Gasteiger partial charge in [0.05, 0.1) is 11.6 Å². The lowest BCUT2D eigenvalue weighted by atomic mass is 9.92. The minimum atomic E-state index is -0.392. The third-order valence-corrected chi connectivity index (χ3v) is 2.50. The Balaban J connectivity index is 2.38. The highest BCUT2D eigenvalue weighted by Gasteiger charge is 2.25. The van der Waals surface area contributed by atoms with Gasteiger partial charge in [-0.3, -0.25) is 9.48 Å². The van der Waals surface area contributed by atoms with Crippen LogP contribution in [0, 0.1) is 5.41 Å². The van der Waals surface area contributed by atoms with Gasteiger partial charge in [-0.25, -0.2) is 0 Å². The van der Waals surface area contributed by atoms with E-state index in [1.165, 1.54) is 0 Å². The first-order chi connectivity index (χ1) is 7.45. The van der Waals surface area contributed by atoms with E-state index in [0.29, 0.717) is 6.54 Å². The second-order valence-electron chi connectivity index (χ2n) is 4.59. The van der Waals surface area contributed by atoms with Gasteiger partial charge in [0, 0.05) is 38.9 Å². The number of amides is 1. The SMILES string of the molecule is CNC(=O)C(C)(C)CNCc1cnn(C)c1. The number of carbonyl (C=O) groups excluding carboxylic acids is 1. The van der Waals surface area contributed by atoms with Crippen molar-refractivity contribution in [3.63, 3.8) is 0 Å². The summed E-state index contributed by atoms with van der Waals surface area (Å²) < 4.78 is 1.76. The van der Waals surface area contributed by atoms with Crippen LogP contribution in [0.2, 0.25) is 0 Å². The van der Waals surface area contributed by atoms with E-state index in [1.807, 2.05) is 33.3 Å². The first-order valence-electron chi connectivity index (χ1n) is 5.36. The molecule has 0 fully saturated rings. The molecule has 0 aliphatic rings. The lowest BCUT2D eigenvalue weighted by molar-refractivity contribution is -0.128. The Kier molecular flexibility index (Phi) is 4.06. The predicted octanol–water partition coefficient (Wildman–Crippen LogP) is 0.282. The molecule has 0 aliphatic carbocycles. The van der Waals surface area contributed by atoms with Crippen molar-refractivity contribution in [2.24, 2.45) is 12.5 Å². The van der Waals surface area contributed by atoms with Gasteiger partial charge in [-0.05, 0) is 13.8 Å². The normalized spacial score (nSPS) is 11.5. The number of hydrogen-bond acceptors (Lipinski definition) is 3.